The molecule has 0 aromatic carbocycles. The molecule has 1 aliphatic rings. The number of carbonyl (C=O) groups excluding carboxylic acids is 1. The van der Waals surface area contributed by atoms with Gasteiger partial charge in [-0.3, -0.25) is 14.5 Å². The summed E-state index contributed by atoms with van der Waals surface area (Å²) in [6.07, 6.45) is 0. The normalized spacial score (nSPS) is 16.3. The van der Waals surface area contributed by atoms with Crippen LogP contribution in [0.4, 0.5) is 0 Å². The number of thioether (sulfide) groups is 1. The van der Waals surface area contributed by atoms with E-state index in [9.17, 15) is 9.59 Å². The van der Waals surface area contributed by atoms with Crippen molar-refractivity contribution in [3.63, 3.8) is 0 Å². The Morgan fingerprint density at radius 1 is 1.30 bits per heavy atom. The molecule has 6 nitrogen and oxygen atoms in total. The molecule has 4 rings (SSSR count). The van der Waals surface area contributed by atoms with Gasteiger partial charge in [0.2, 0.25) is 5.91 Å². The highest BCUT2D eigenvalue weighted by molar-refractivity contribution is 7.99. The number of carbonyl (C=O) groups is 1. The van der Waals surface area contributed by atoms with Gasteiger partial charge >= 0.3 is 0 Å². The van der Waals surface area contributed by atoms with Gasteiger partial charge in [-0.1, -0.05) is 6.07 Å². The molecule has 1 unspecified atom stereocenters. The molecular weight excluding hydrogens is 436 g/mol. The number of thiophene rings is 2. The van der Waals surface area contributed by atoms with E-state index in [1.54, 1.807) is 22.7 Å². The Balaban J connectivity index is 1.31. The number of aryl methyl sites for hydroxylation is 2. The van der Waals surface area contributed by atoms with E-state index in [0.29, 0.717) is 17.0 Å². The zero-order chi connectivity index (χ0) is 21.3. The molecule has 0 radical (unpaired) electrons. The summed E-state index contributed by atoms with van der Waals surface area (Å²) in [4.78, 5) is 40.5. The van der Waals surface area contributed by atoms with Crippen molar-refractivity contribution in [2.75, 3.05) is 26.2 Å². The van der Waals surface area contributed by atoms with Crippen molar-refractivity contribution in [1.82, 2.24) is 19.8 Å². The maximum atomic E-state index is 12.9. The van der Waals surface area contributed by atoms with Crippen molar-refractivity contribution in [2.24, 2.45) is 0 Å². The predicted molar refractivity (Wildman–Crippen MR) is 127 cm³/mol. The second-order valence-electron chi connectivity index (χ2n) is 7.61. The van der Waals surface area contributed by atoms with E-state index in [4.69, 9.17) is 0 Å². The minimum absolute atomic E-state index is 0.0849. The van der Waals surface area contributed by atoms with Crippen LogP contribution in [-0.2, 0) is 17.1 Å². The first kappa shape index (κ1) is 21.5. The number of rotatable bonds is 6. The largest absolute Gasteiger partial charge is 0.339 e. The molecule has 9 heteroatoms. The fraction of sp³-hybridized carbons (Fsp3) is 0.476. The van der Waals surface area contributed by atoms with Gasteiger partial charge in [0.05, 0.1) is 16.4 Å². The van der Waals surface area contributed by atoms with Gasteiger partial charge in [-0.25, -0.2) is 4.98 Å². The van der Waals surface area contributed by atoms with Crippen LogP contribution in [0.15, 0.2) is 22.3 Å². The maximum Gasteiger partial charge on any atom is 0.259 e. The third-order valence-electron chi connectivity index (χ3n) is 5.55. The van der Waals surface area contributed by atoms with Crippen molar-refractivity contribution >= 4 is 50.6 Å². The highest BCUT2D eigenvalue weighted by atomic mass is 32.2. The first-order valence-corrected chi connectivity index (χ1v) is 12.8. The zero-order valence-electron chi connectivity index (χ0n) is 17.4. The molecule has 3 aromatic heterocycles. The Hall–Kier alpha value is -1.68. The molecule has 0 bridgehead atoms. The fourth-order valence-corrected chi connectivity index (χ4v) is 6.28. The maximum absolute atomic E-state index is 12.9. The second-order valence-corrected chi connectivity index (χ2v) is 11.2. The zero-order valence-corrected chi connectivity index (χ0v) is 19.9. The number of hydrogen-bond acceptors (Lipinski definition) is 7. The Morgan fingerprint density at radius 2 is 2.07 bits per heavy atom. The molecule has 1 amide bonds. The van der Waals surface area contributed by atoms with Gasteiger partial charge < -0.3 is 9.88 Å². The molecular formula is C21H26N4O2S3. The van der Waals surface area contributed by atoms with Crippen LogP contribution < -0.4 is 5.56 Å². The predicted octanol–water partition coefficient (Wildman–Crippen LogP) is 3.63. The van der Waals surface area contributed by atoms with Crippen LogP contribution >= 0.6 is 34.4 Å². The molecule has 1 saturated heterocycles. The van der Waals surface area contributed by atoms with Crippen molar-refractivity contribution in [3.05, 3.63) is 49.0 Å². The van der Waals surface area contributed by atoms with Gasteiger partial charge in [0.15, 0.2) is 0 Å². The number of aromatic amines is 1. The summed E-state index contributed by atoms with van der Waals surface area (Å²) in [5.41, 5.74) is 0.919. The Kier molecular flexibility index (Phi) is 6.62. The SMILES string of the molecule is Cc1sc2nc(CSC(C)C(=O)N3CCN(Cc4cccs4)CC3)[nH]c(=O)c2c1C. The Bertz CT molecular complexity index is 1080. The average molecular weight is 463 g/mol. The van der Waals surface area contributed by atoms with Gasteiger partial charge in [0.1, 0.15) is 10.7 Å². The summed E-state index contributed by atoms with van der Waals surface area (Å²) in [6.45, 7) is 10.2. The summed E-state index contributed by atoms with van der Waals surface area (Å²) in [6, 6.07) is 4.24. The molecule has 0 aliphatic carbocycles. The second kappa shape index (κ2) is 9.21. The van der Waals surface area contributed by atoms with E-state index in [2.05, 4.69) is 32.4 Å². The third kappa shape index (κ3) is 4.64. The fourth-order valence-electron chi connectivity index (χ4n) is 3.65. The van der Waals surface area contributed by atoms with E-state index < -0.39 is 0 Å². The lowest BCUT2D eigenvalue weighted by Crippen LogP contribution is -2.50. The first-order chi connectivity index (χ1) is 14.4. The molecule has 30 heavy (non-hydrogen) atoms. The molecule has 1 aliphatic heterocycles. The molecule has 3 aromatic rings. The number of hydrogen-bond donors (Lipinski definition) is 1. The molecule has 1 N–H and O–H groups in total. The minimum atomic E-state index is -0.165. The summed E-state index contributed by atoms with van der Waals surface area (Å²) in [7, 11) is 0. The van der Waals surface area contributed by atoms with Crippen molar-refractivity contribution in [1.29, 1.82) is 0 Å². The van der Waals surface area contributed by atoms with E-state index in [1.807, 2.05) is 25.7 Å². The number of fused-ring (bicyclic) bond motifs is 1. The quantitative estimate of drug-likeness (QED) is 0.606. The summed E-state index contributed by atoms with van der Waals surface area (Å²) in [5, 5.41) is 2.63. The van der Waals surface area contributed by atoms with Crippen molar-refractivity contribution in [2.45, 2.75) is 38.3 Å². The molecule has 0 saturated carbocycles. The minimum Gasteiger partial charge on any atom is -0.339 e. The number of H-pyrrole nitrogens is 1. The smallest absolute Gasteiger partial charge is 0.259 e. The number of amides is 1. The average Bonchev–Trinajstić information content (AvgIpc) is 3.34. The summed E-state index contributed by atoms with van der Waals surface area (Å²) >= 11 is 4.87. The third-order valence-corrected chi connectivity index (χ3v) is 8.65. The number of aromatic nitrogens is 2. The van der Waals surface area contributed by atoms with Crippen LogP contribution in [0.3, 0.4) is 0 Å². The van der Waals surface area contributed by atoms with Crippen molar-refractivity contribution in [3.8, 4) is 0 Å². The van der Waals surface area contributed by atoms with E-state index in [-0.39, 0.29) is 16.7 Å². The standard InChI is InChI=1S/C21H26N4O2S3/c1-13-14(2)30-20-18(13)19(26)22-17(23-20)12-29-15(3)21(27)25-8-6-24(7-9-25)11-16-5-4-10-28-16/h4-5,10,15H,6-9,11-12H2,1-3H3,(H,22,23,26). The molecule has 0 spiro atoms. The molecule has 160 valence electrons. The molecule has 1 atom stereocenters. The summed E-state index contributed by atoms with van der Waals surface area (Å²) in [5.74, 6) is 1.33. The topological polar surface area (TPSA) is 69.3 Å². The van der Waals surface area contributed by atoms with Gasteiger partial charge in [-0.05, 0) is 37.8 Å². The summed E-state index contributed by atoms with van der Waals surface area (Å²) < 4.78 is 0. The Morgan fingerprint density at radius 3 is 2.77 bits per heavy atom. The van der Waals surface area contributed by atoms with Crippen LogP contribution in [0, 0.1) is 13.8 Å². The van der Waals surface area contributed by atoms with Gasteiger partial charge in [0.25, 0.3) is 5.56 Å². The van der Waals surface area contributed by atoms with Crippen LogP contribution in [0.1, 0.15) is 28.1 Å². The lowest BCUT2D eigenvalue weighted by Gasteiger charge is -2.35. The number of nitrogens with zero attached hydrogens (tertiary/aromatic N) is 3. The van der Waals surface area contributed by atoms with Gasteiger partial charge in [-0.15, -0.1) is 34.4 Å². The highest BCUT2D eigenvalue weighted by Crippen LogP contribution is 2.27. The van der Waals surface area contributed by atoms with E-state index in [0.717, 1.165) is 48.0 Å². The van der Waals surface area contributed by atoms with Crippen LogP contribution in [0.5, 0.6) is 0 Å². The highest BCUT2D eigenvalue weighted by Gasteiger charge is 2.25. The van der Waals surface area contributed by atoms with Crippen molar-refractivity contribution < 1.29 is 4.79 Å². The van der Waals surface area contributed by atoms with Crippen LogP contribution in [0.2, 0.25) is 0 Å². The number of nitrogens with one attached hydrogen (secondary N) is 1. The van der Waals surface area contributed by atoms with E-state index in [1.165, 1.54) is 16.6 Å². The van der Waals surface area contributed by atoms with Crippen LogP contribution in [-0.4, -0.2) is 57.1 Å². The van der Waals surface area contributed by atoms with Gasteiger partial charge in [-0.2, -0.15) is 0 Å². The lowest BCUT2D eigenvalue weighted by molar-refractivity contribution is -0.132. The van der Waals surface area contributed by atoms with Crippen LogP contribution in [0.25, 0.3) is 10.2 Å². The Labute approximate surface area is 188 Å². The first-order valence-electron chi connectivity index (χ1n) is 10.1. The molecule has 4 heterocycles. The number of piperazine rings is 1. The van der Waals surface area contributed by atoms with E-state index >= 15 is 0 Å². The lowest BCUT2D eigenvalue weighted by atomic mass is 10.2. The molecule has 1 fully saturated rings. The van der Waals surface area contributed by atoms with Gasteiger partial charge in [0, 0.05) is 42.5 Å². The monoisotopic (exact) mass is 462 g/mol.